The number of fused-ring (bicyclic) bond motifs is 4. The zero-order chi connectivity index (χ0) is 49.7. The van der Waals surface area contributed by atoms with Gasteiger partial charge < -0.3 is 40.1 Å². The van der Waals surface area contributed by atoms with E-state index in [1.54, 1.807) is 0 Å². The number of aliphatic imine (C=N–C) groups is 4. The number of aromatic hydroxyl groups is 2. The van der Waals surface area contributed by atoms with Gasteiger partial charge in [0.1, 0.15) is 36.9 Å². The average Bonchev–Trinajstić information content (AvgIpc) is 4.20. The molecule has 9 rings (SSSR count). The highest BCUT2D eigenvalue weighted by Gasteiger charge is 2.36. The van der Waals surface area contributed by atoms with Crippen LogP contribution in [0.2, 0.25) is 0 Å². The molecule has 4 aromatic carbocycles. The normalized spacial score (nSPS) is 17.0. The minimum Gasteiger partial charge on any atom is -0.508 e. The number of allylic oxidation sites excluding steroid dienone is 12. The van der Waals surface area contributed by atoms with Gasteiger partial charge in [-0.05, 0) is 84.0 Å². The first kappa shape index (κ1) is 47.0. The van der Waals surface area contributed by atoms with Crippen LogP contribution in [-0.4, -0.2) is 92.1 Å². The van der Waals surface area contributed by atoms with E-state index < -0.39 is 119 Å². The highest BCUT2D eigenvalue weighted by molar-refractivity contribution is 6.39. The first-order chi connectivity index (χ1) is 33.6. The highest BCUT2D eigenvalue weighted by atomic mass is 19.2. The summed E-state index contributed by atoms with van der Waals surface area (Å²) in [5.41, 5.74) is -5.12. The molecule has 5 aliphatic heterocycles. The summed E-state index contributed by atoms with van der Waals surface area (Å²) < 4.78 is 139. The third kappa shape index (κ3) is 8.35. The zero-order valence-corrected chi connectivity index (χ0v) is 35.5. The first-order valence-electron chi connectivity index (χ1n) is 20.8. The van der Waals surface area contributed by atoms with Gasteiger partial charge in [-0.15, -0.1) is 0 Å². The zero-order valence-electron chi connectivity index (χ0n) is 35.5. The lowest BCUT2D eigenvalue weighted by Crippen LogP contribution is -2.22. The number of halogens is 8. The minimum atomic E-state index is -2.01. The molecular formula is C50H32F8N4O8. The van der Waals surface area contributed by atoms with Crippen molar-refractivity contribution in [1.82, 2.24) is 0 Å². The van der Waals surface area contributed by atoms with Crippen LogP contribution in [0.4, 0.5) is 35.1 Å². The fourth-order valence-electron chi connectivity index (χ4n) is 7.89. The van der Waals surface area contributed by atoms with E-state index in [1.165, 1.54) is 97.1 Å². The third-order valence-corrected chi connectivity index (χ3v) is 11.1. The van der Waals surface area contributed by atoms with E-state index in [-0.39, 0.29) is 79.4 Å². The molecule has 20 heteroatoms. The first-order valence-corrected chi connectivity index (χ1v) is 20.8. The Kier molecular flexibility index (Phi) is 12.6. The maximum Gasteiger partial charge on any atom is 0.204 e. The molecule has 5 heterocycles. The average molecular weight is 969 g/mol. The summed E-state index contributed by atoms with van der Waals surface area (Å²) in [5.74, 6) is -19.6. The van der Waals surface area contributed by atoms with Crippen molar-refractivity contribution < 1.29 is 75.2 Å². The molecule has 0 radical (unpaired) electrons. The van der Waals surface area contributed by atoms with Crippen molar-refractivity contribution in [2.45, 2.75) is 12.2 Å². The second-order valence-electron chi connectivity index (χ2n) is 15.7. The molecule has 4 aromatic rings. The van der Waals surface area contributed by atoms with Crippen molar-refractivity contribution in [3.05, 3.63) is 189 Å². The Hall–Kier alpha value is -8.04. The van der Waals surface area contributed by atoms with Crippen LogP contribution in [0.15, 0.2) is 140 Å². The molecule has 70 heavy (non-hydrogen) atoms. The molecule has 8 bridgehead atoms. The highest BCUT2D eigenvalue weighted by Crippen LogP contribution is 2.43. The van der Waals surface area contributed by atoms with Gasteiger partial charge in [-0.25, -0.2) is 37.5 Å². The van der Waals surface area contributed by atoms with Crippen LogP contribution in [0, 0.1) is 46.5 Å². The van der Waals surface area contributed by atoms with Crippen molar-refractivity contribution >= 4 is 45.1 Å². The Bertz CT molecular complexity index is 3070. The Morgan fingerprint density at radius 2 is 0.714 bits per heavy atom. The topological polar surface area (TPSA) is 189 Å². The molecule has 356 valence electrons. The van der Waals surface area contributed by atoms with Gasteiger partial charge in [-0.1, -0.05) is 24.3 Å². The molecule has 0 aliphatic carbocycles. The molecule has 0 fully saturated rings. The number of phenolic OH excluding ortho intramolecular Hbond substituents is 2. The maximum absolute atomic E-state index is 16.5. The summed E-state index contributed by atoms with van der Waals surface area (Å²) in [4.78, 5) is 18.5. The molecule has 2 atom stereocenters. The van der Waals surface area contributed by atoms with Gasteiger partial charge >= 0.3 is 0 Å². The Balaban J connectivity index is 1.36. The van der Waals surface area contributed by atoms with E-state index in [0.717, 1.165) is 0 Å². The van der Waals surface area contributed by atoms with Crippen LogP contribution in [0.5, 0.6) is 23.0 Å². The van der Waals surface area contributed by atoms with E-state index in [0.29, 0.717) is 0 Å². The molecule has 5 aliphatic rings. The number of rotatable bonds is 12. The molecular weight excluding hydrogens is 937 g/mol. The fourth-order valence-corrected chi connectivity index (χ4v) is 7.89. The summed E-state index contributed by atoms with van der Waals surface area (Å²) in [6.45, 7) is -3.72. The standard InChI is InChI=1S/C50H32F8N4O8/c51-41-39(42(52)46(56)49(45(41)55)69-19-25(67)17-63)37-31-11-7-27(59-31)35(21-3-1-5-23(65)15-21)28-8-12-32(60-28)38(40-43(53)47(57)50(48(58)44(40)54)70-20-26(68)18-64)34-14-10-30(62-34)36(29-9-13-33(37)61-29)22-4-2-6-24(66)16-22/h1-16,25-26,63-68H,17-20H2. The van der Waals surface area contributed by atoms with Crippen LogP contribution >= 0.6 is 0 Å². The van der Waals surface area contributed by atoms with Crippen LogP contribution in [0.1, 0.15) is 22.3 Å². The van der Waals surface area contributed by atoms with Gasteiger partial charge in [0.25, 0.3) is 0 Å². The lowest BCUT2D eigenvalue weighted by atomic mass is 9.96. The second-order valence-corrected chi connectivity index (χ2v) is 15.7. The van der Waals surface area contributed by atoms with Crippen molar-refractivity contribution in [3.63, 3.8) is 0 Å². The Labute approximate surface area is 389 Å². The lowest BCUT2D eigenvalue weighted by Gasteiger charge is -2.17. The van der Waals surface area contributed by atoms with Crippen LogP contribution in [0.3, 0.4) is 0 Å². The smallest absolute Gasteiger partial charge is 0.204 e. The van der Waals surface area contributed by atoms with Crippen molar-refractivity contribution in [2.75, 3.05) is 26.4 Å². The molecule has 0 saturated heterocycles. The number of hydrogen-bond donors (Lipinski definition) is 6. The van der Waals surface area contributed by atoms with Gasteiger partial charge in [0.2, 0.25) is 23.3 Å². The quantitative estimate of drug-likeness (QED) is 0.0616. The summed E-state index contributed by atoms with van der Waals surface area (Å²) in [7, 11) is 0. The monoisotopic (exact) mass is 968 g/mol. The number of nitrogens with zero attached hydrogens (tertiary/aromatic N) is 4. The van der Waals surface area contributed by atoms with Gasteiger partial charge in [-0.3, -0.25) is 0 Å². The molecule has 0 saturated carbocycles. The lowest BCUT2D eigenvalue weighted by molar-refractivity contribution is 0.0503. The van der Waals surface area contributed by atoms with Gasteiger partial charge in [0.05, 0.1) is 70.0 Å². The number of aliphatic hydroxyl groups is 4. The van der Waals surface area contributed by atoms with Crippen LogP contribution in [-0.2, 0) is 0 Å². The van der Waals surface area contributed by atoms with E-state index in [9.17, 15) is 30.6 Å². The van der Waals surface area contributed by atoms with Gasteiger partial charge in [0.15, 0.2) is 34.8 Å². The molecule has 12 nitrogen and oxygen atoms in total. The van der Waals surface area contributed by atoms with E-state index in [2.05, 4.69) is 20.0 Å². The summed E-state index contributed by atoms with van der Waals surface area (Å²) in [6, 6.07) is 11.0. The number of aliphatic hydroxyl groups excluding tert-OH is 4. The predicted molar refractivity (Wildman–Crippen MR) is 240 cm³/mol. The molecule has 6 N–H and O–H groups in total. The number of phenols is 2. The number of benzene rings is 4. The van der Waals surface area contributed by atoms with Gasteiger partial charge in [0, 0.05) is 22.3 Å². The summed E-state index contributed by atoms with van der Waals surface area (Å²) in [5, 5.41) is 59.0. The van der Waals surface area contributed by atoms with Crippen molar-refractivity contribution in [3.8, 4) is 23.0 Å². The molecule has 2 unspecified atom stereocenters. The summed E-state index contributed by atoms with van der Waals surface area (Å²) in [6.07, 6.45) is 6.81. The fraction of sp³-hybridized carbons (Fsp3) is 0.120. The third-order valence-electron chi connectivity index (χ3n) is 11.1. The largest absolute Gasteiger partial charge is 0.508 e. The van der Waals surface area contributed by atoms with E-state index >= 15 is 35.1 Å². The van der Waals surface area contributed by atoms with Crippen molar-refractivity contribution in [2.24, 2.45) is 20.0 Å². The number of hydrogen-bond acceptors (Lipinski definition) is 12. The van der Waals surface area contributed by atoms with Crippen LogP contribution in [0.25, 0.3) is 22.3 Å². The van der Waals surface area contributed by atoms with Crippen LogP contribution < -0.4 is 9.47 Å². The van der Waals surface area contributed by atoms with E-state index in [4.69, 9.17) is 9.47 Å². The second kappa shape index (κ2) is 18.8. The molecule has 0 amide bonds. The maximum atomic E-state index is 16.5. The summed E-state index contributed by atoms with van der Waals surface area (Å²) >= 11 is 0. The van der Waals surface area contributed by atoms with Crippen molar-refractivity contribution in [1.29, 1.82) is 0 Å². The van der Waals surface area contributed by atoms with Gasteiger partial charge in [-0.2, -0.15) is 17.6 Å². The SMILES string of the molecule is OCC(O)COc1c(F)c(F)c(C2=C3C=CC(=N3)C(c3cccc(O)c3)=C3C=CC(=N3)C(c3c(F)c(F)c(OCC(O)CO)c(F)c3F)=C3C=CC(=N3)C(c3cccc(O)c3)=C3C=CC2=N3)c(F)c1F. The predicted octanol–water partition coefficient (Wildman–Crippen LogP) is 7.68. The molecule has 0 aromatic heterocycles. The Morgan fingerprint density at radius 1 is 0.414 bits per heavy atom. The Morgan fingerprint density at radius 3 is 1.01 bits per heavy atom. The molecule has 0 spiro atoms. The van der Waals surface area contributed by atoms with E-state index in [1.807, 2.05) is 0 Å². The minimum absolute atomic E-state index is 0.0278. The number of ether oxygens (including phenoxy) is 2.